The number of aliphatic hydroxyl groups excluding tert-OH is 2. The number of hydrogen-bond donors (Lipinski definition) is 7. The van der Waals surface area contributed by atoms with Gasteiger partial charge in [0.05, 0.1) is 64.3 Å². The van der Waals surface area contributed by atoms with Crippen molar-refractivity contribution in [2.24, 2.45) is 17.8 Å². The van der Waals surface area contributed by atoms with Crippen molar-refractivity contribution < 1.29 is 100 Å². The van der Waals surface area contributed by atoms with E-state index < -0.39 is 128 Å². The summed E-state index contributed by atoms with van der Waals surface area (Å²) in [6.45, 7) is 39.2. The number of nitrogens with zero attached hydrogens (tertiary/aromatic N) is 8. The predicted molar refractivity (Wildman–Crippen MR) is 413 cm³/mol. The Kier molecular flexibility index (Phi) is 35.4. The third kappa shape index (κ3) is 24.0. The number of nitrogens with one attached hydrogen (secondary N) is 5. The van der Waals surface area contributed by atoms with E-state index in [1.807, 2.05) is 46.2 Å². The number of carbonyl (C=O) groups excluding carboxylic acids is 5. The lowest BCUT2D eigenvalue weighted by Gasteiger charge is -2.51. The molecule has 14 atom stereocenters. The molecule has 0 saturated carbocycles. The number of carbonyl (C=O) groups is 5. The summed E-state index contributed by atoms with van der Waals surface area (Å²) in [6.07, 6.45) is -4.95. The molecule has 0 spiro atoms. The van der Waals surface area contributed by atoms with Crippen molar-refractivity contribution in [1.82, 2.24) is 49.0 Å². The van der Waals surface area contributed by atoms with Gasteiger partial charge in [0, 0.05) is 71.7 Å². The van der Waals surface area contributed by atoms with Gasteiger partial charge in [-0.3, -0.25) is 63.3 Å². The Labute approximate surface area is 656 Å². The molecule has 626 valence electrons. The van der Waals surface area contributed by atoms with Crippen molar-refractivity contribution in [3.05, 3.63) is 33.4 Å². The Morgan fingerprint density at radius 2 is 1.30 bits per heavy atom. The van der Waals surface area contributed by atoms with Crippen LogP contribution in [0.4, 0.5) is 11.9 Å². The lowest BCUT2D eigenvalue weighted by atomic mass is 9.90. The predicted octanol–water partition coefficient (Wildman–Crippen LogP) is 8.14. The topological polar surface area (TPSA) is 445 Å². The van der Waals surface area contributed by atoms with E-state index >= 15 is 0 Å². The second-order valence-electron chi connectivity index (χ2n) is 30.0. The van der Waals surface area contributed by atoms with E-state index in [2.05, 4.69) is 112 Å². The highest BCUT2D eigenvalue weighted by molar-refractivity contribution is 7.44. The van der Waals surface area contributed by atoms with Crippen LogP contribution in [0.5, 0.6) is 0 Å². The third-order valence-electron chi connectivity index (χ3n) is 19.1. The molecule has 4 aliphatic heterocycles. The van der Waals surface area contributed by atoms with Crippen LogP contribution in [0.3, 0.4) is 0 Å². The molecule has 4 fully saturated rings. The van der Waals surface area contributed by atoms with Crippen LogP contribution in [-0.4, -0.2) is 236 Å². The first-order valence-electron chi connectivity index (χ1n) is 39.3. The highest BCUT2D eigenvalue weighted by Gasteiger charge is 2.62. The standard InChI is InChI=1S/C45H73N8O15P.C26H45N5O7Si2.CH4O/c1-12-33-38(66-32(11)55)36(65-31(10)54)29(8)44(67-33)61-19-14-13-16-34(56)47-18-21-59-22-23-60-25-62-39-37(68-69(63-20-15-17-46)53(27(4)5)28(6)7)30(9)64-43(39)52-24-48-35-40(52)49-45(51-42(35)58)50-41(57)26(2)3;1-13(2)23(33)29-26-28-22-19(24(34)30-26)27-12-31(22)25-20(32)21-18(36-25)11-35-39(14(3)4,15(5)6)38-40(37-21,16(7)8)17(9)10;1-2/h24,26-30,33,36-39,43-44H,12-16,18-23,25H2,1-11H3,(H,47,56)(H2,49,50,51,57,58);12-18,20-21,25,32H,11H2,1-10H3,(H2,28,29,30,33,34);2H,1H3/t29?,30-,33?,36?,37-,38?,39-,43-,44?,69?;18-,20-,21-,25-;/m11./s1/i9D;;2T. The average molecular weight is 1630 g/mol. The summed E-state index contributed by atoms with van der Waals surface area (Å²) in [4.78, 5) is 109. The van der Waals surface area contributed by atoms with Crippen LogP contribution in [0, 0.1) is 29.1 Å². The van der Waals surface area contributed by atoms with Gasteiger partial charge in [-0.15, -0.1) is 0 Å². The quantitative estimate of drug-likeness (QED) is 0.00742. The Bertz CT molecular complexity index is 3830. The summed E-state index contributed by atoms with van der Waals surface area (Å²) >= 11 is 0. The minimum atomic E-state index is -2.97. The lowest BCUT2D eigenvalue weighted by molar-refractivity contribution is -0.283. The number of H-pyrrole nitrogens is 2. The molecule has 4 aromatic rings. The number of esters is 2. The number of nitriles is 1. The second kappa shape index (κ2) is 43.5. The van der Waals surface area contributed by atoms with Crippen LogP contribution in [0.15, 0.2) is 22.2 Å². The molecular weight excluding hydrogens is 1500 g/mol. The highest BCUT2D eigenvalue weighted by atomic mass is 31.2. The summed E-state index contributed by atoms with van der Waals surface area (Å²) in [5.74, 6) is -2.97. The van der Waals surface area contributed by atoms with E-state index in [0.29, 0.717) is 25.9 Å². The SMILES string of the molecule is CC(C)C(=O)Nc1nc2c(ncn2[C@@H]2O[C@@H]3CO[Si](C(C)C)(C(C)C)O[Si](C(C)C)(C(C)C)O[C@H]3[C@H]2O)c(=O)[nH]1.[2H]C[C@H]1O[C@@H](n2cnc3c(=O)[nH]c(NC(=O)C(C)C)nc32)[C@H](OCOCCOCCNC(=O)CCCCOC2OC(CC)C(OC(C)=O)C(OC(C)=O)C2C)[C@@H]1OP(OCCC#N)N(C(C)C)C(C)C.[3H]OC. The molecule has 6 unspecified atom stereocenters. The van der Waals surface area contributed by atoms with Crippen molar-refractivity contribution in [2.75, 3.05) is 70.7 Å². The van der Waals surface area contributed by atoms with Crippen LogP contribution in [0.2, 0.25) is 22.2 Å². The van der Waals surface area contributed by atoms with E-state index in [9.17, 15) is 43.9 Å². The number of fused-ring (bicyclic) bond motifs is 3. The number of unbranched alkanes of at least 4 members (excludes halogenated alkanes) is 1. The van der Waals surface area contributed by atoms with Crippen LogP contribution >= 0.6 is 8.53 Å². The Morgan fingerprint density at radius 1 is 0.748 bits per heavy atom. The van der Waals surface area contributed by atoms with Crippen molar-refractivity contribution in [3.63, 3.8) is 0 Å². The van der Waals surface area contributed by atoms with Gasteiger partial charge in [-0.05, 0) is 76.0 Å². The van der Waals surface area contributed by atoms with Gasteiger partial charge in [-0.25, -0.2) is 14.6 Å². The Hall–Kier alpha value is -6.20. The monoisotopic (exact) mass is 1630 g/mol. The van der Waals surface area contributed by atoms with Crippen LogP contribution < -0.4 is 27.1 Å². The van der Waals surface area contributed by atoms with Gasteiger partial charge in [0.1, 0.15) is 49.5 Å². The van der Waals surface area contributed by atoms with Crippen LogP contribution in [0.1, 0.15) is 191 Å². The van der Waals surface area contributed by atoms with Gasteiger partial charge in [0.25, 0.3) is 19.6 Å². The number of aromatic amines is 2. The maximum absolute atomic E-state index is 13.1. The number of ether oxygens (including phenoxy) is 9. The number of aliphatic hydroxyl groups is 2. The number of anilines is 2. The molecule has 111 heavy (non-hydrogen) atoms. The van der Waals surface area contributed by atoms with E-state index in [1.165, 1.54) is 42.7 Å². The molecule has 4 aliphatic rings. The largest absolute Gasteiger partial charge is 0.458 e. The smallest absolute Gasteiger partial charge is 0.335 e. The van der Waals surface area contributed by atoms with Gasteiger partial charge in [0.15, 0.2) is 47.2 Å². The summed E-state index contributed by atoms with van der Waals surface area (Å²) in [6, 6.07) is 2.06. The molecule has 4 aromatic heterocycles. The van der Waals surface area contributed by atoms with Gasteiger partial charge in [-0.2, -0.15) is 15.2 Å². The fourth-order valence-electron chi connectivity index (χ4n) is 13.5. The number of amides is 3. The first kappa shape index (κ1) is 90.3. The van der Waals surface area contributed by atoms with Crippen molar-refractivity contribution in [2.45, 2.75) is 285 Å². The van der Waals surface area contributed by atoms with Gasteiger partial charge < -0.3 is 80.2 Å². The summed E-state index contributed by atoms with van der Waals surface area (Å²) < 4.78 is 107. The molecule has 3 amide bonds. The zero-order chi connectivity index (χ0) is 83.9. The van der Waals surface area contributed by atoms with Crippen LogP contribution in [0.25, 0.3) is 22.3 Å². The Morgan fingerprint density at radius 3 is 1.81 bits per heavy atom. The van der Waals surface area contributed by atoms with Gasteiger partial charge in [-0.1, -0.05) is 96.9 Å². The van der Waals surface area contributed by atoms with Gasteiger partial charge >= 0.3 is 29.1 Å². The highest BCUT2D eigenvalue weighted by Crippen LogP contribution is 2.52. The first-order chi connectivity index (χ1) is 53.5. The summed E-state index contributed by atoms with van der Waals surface area (Å²) in [5.41, 5.74) is -0.235. The van der Waals surface area contributed by atoms with E-state index in [-0.39, 0.29) is 164 Å². The molecule has 8 heterocycles. The molecular formula is C72H122N13O23PSi2. The van der Waals surface area contributed by atoms with Crippen molar-refractivity contribution in [3.8, 4) is 6.07 Å². The molecule has 0 radical (unpaired) electrons. The molecule has 0 aromatic carbocycles. The maximum Gasteiger partial charge on any atom is 0.335 e. The maximum atomic E-state index is 13.1. The number of imidazole rings is 2. The lowest BCUT2D eigenvalue weighted by Crippen LogP contribution is -2.65. The summed E-state index contributed by atoms with van der Waals surface area (Å²) in [7, 11) is -6.26. The molecule has 8 rings (SSSR count). The van der Waals surface area contributed by atoms with Crippen molar-refractivity contribution in [1.29, 1.82) is 6.69 Å². The molecule has 4 saturated heterocycles. The molecule has 0 bridgehead atoms. The molecule has 36 nitrogen and oxygen atoms in total. The molecule has 39 heteroatoms. The number of rotatable bonds is 36. The van der Waals surface area contributed by atoms with Gasteiger partial charge in [0.2, 0.25) is 31.0 Å². The fourth-order valence-corrected chi connectivity index (χ4v) is 26.5. The minimum Gasteiger partial charge on any atom is -0.458 e. The second-order valence-corrected chi connectivity index (χ2v) is 40.2. The number of aromatic nitrogens is 8. The van der Waals surface area contributed by atoms with E-state index in [0.717, 1.165) is 0 Å². The zero-order valence-corrected chi connectivity index (χ0v) is 71.0. The Balaban J connectivity index is 0.000000389. The fraction of sp³-hybridized carbons (Fsp3) is 0.778. The number of hydrogen-bond acceptors (Lipinski definition) is 29. The third-order valence-corrected chi connectivity index (χ3v) is 31.4. The minimum absolute atomic E-state index is 0.000117. The average Bonchev–Trinajstić information content (AvgIpc) is 1.63. The van der Waals surface area contributed by atoms with Crippen molar-refractivity contribution >= 4 is 89.5 Å². The zero-order valence-electron chi connectivity index (χ0n) is 70.1. The first-order valence-corrected chi connectivity index (χ1v) is 43.3. The van der Waals surface area contributed by atoms with Crippen LogP contribution in [-0.2, 0) is 88.6 Å². The van der Waals surface area contributed by atoms with E-state index in [4.69, 9.17) is 67.4 Å². The molecule has 0 aliphatic carbocycles. The molecule has 7 N–H and O–H groups in total. The van der Waals surface area contributed by atoms with E-state index in [1.54, 1.807) is 27.7 Å². The summed E-state index contributed by atoms with van der Waals surface area (Å²) in [5, 5.41) is 32.5. The normalized spacial score (nSPS) is 24.9.